The van der Waals surface area contributed by atoms with Crippen molar-refractivity contribution in [2.24, 2.45) is 0 Å². The van der Waals surface area contributed by atoms with E-state index in [2.05, 4.69) is 10.3 Å². The molecule has 0 aliphatic heterocycles. The van der Waals surface area contributed by atoms with Crippen LogP contribution in [-0.4, -0.2) is 17.0 Å². The third-order valence-electron chi connectivity index (χ3n) is 4.21. The van der Waals surface area contributed by atoms with E-state index in [0.717, 1.165) is 16.5 Å². The van der Waals surface area contributed by atoms with E-state index in [-0.39, 0.29) is 5.91 Å². The number of carbonyl (C=O) groups is 1. The number of rotatable bonds is 5. The smallest absolute Gasteiger partial charge is 0.336 e. The molecule has 1 unspecified atom stereocenters. The minimum atomic E-state index is -0.690. The minimum absolute atomic E-state index is 0.230. The molecule has 134 valence electrons. The monoisotopic (exact) mass is 352 g/mol. The number of fused-ring (bicyclic) bond motifs is 1. The average Bonchev–Trinajstić information content (AvgIpc) is 2.63. The molecule has 0 radical (unpaired) electrons. The maximum atomic E-state index is 12.3. The van der Waals surface area contributed by atoms with Crippen LogP contribution in [0.3, 0.4) is 0 Å². The normalized spacial score (nSPS) is 12.0. The first-order valence-electron chi connectivity index (χ1n) is 8.33. The molecule has 0 bridgehead atoms. The summed E-state index contributed by atoms with van der Waals surface area (Å²) in [7, 11) is 0. The Bertz CT molecular complexity index is 996. The maximum absolute atomic E-state index is 12.3. The van der Waals surface area contributed by atoms with E-state index in [1.54, 1.807) is 25.4 Å². The Morgan fingerprint density at radius 3 is 2.69 bits per heavy atom. The van der Waals surface area contributed by atoms with Gasteiger partial charge in [0, 0.05) is 36.0 Å². The second-order valence-electron chi connectivity index (χ2n) is 6.15. The van der Waals surface area contributed by atoms with E-state index in [0.29, 0.717) is 23.4 Å². The van der Waals surface area contributed by atoms with Crippen LogP contribution in [0.5, 0.6) is 5.75 Å². The number of hydrogen-bond donors (Lipinski definition) is 1. The Morgan fingerprint density at radius 2 is 1.96 bits per heavy atom. The van der Waals surface area contributed by atoms with Gasteiger partial charge in [-0.25, -0.2) is 4.79 Å². The van der Waals surface area contributed by atoms with E-state index < -0.39 is 11.7 Å². The van der Waals surface area contributed by atoms with E-state index in [1.807, 2.05) is 32.0 Å². The lowest BCUT2D eigenvalue weighted by Gasteiger charge is -2.17. The number of nitrogens with zero attached hydrogens (tertiary/aromatic N) is 1. The zero-order valence-corrected chi connectivity index (χ0v) is 14.9. The molecule has 6 nitrogen and oxygen atoms in total. The molecule has 0 saturated carbocycles. The summed E-state index contributed by atoms with van der Waals surface area (Å²) >= 11 is 0. The summed E-state index contributed by atoms with van der Waals surface area (Å²) in [6, 6.07) is 8.75. The first-order chi connectivity index (χ1) is 12.5. The third kappa shape index (κ3) is 3.74. The van der Waals surface area contributed by atoms with Gasteiger partial charge in [-0.1, -0.05) is 0 Å². The van der Waals surface area contributed by atoms with Gasteiger partial charge in [-0.15, -0.1) is 0 Å². The van der Waals surface area contributed by atoms with Crippen LogP contribution in [0.1, 0.15) is 23.6 Å². The van der Waals surface area contributed by atoms with Gasteiger partial charge in [0.2, 0.25) is 0 Å². The fraction of sp³-hybridized carbons (Fsp3) is 0.250. The molecule has 3 aromatic rings. The van der Waals surface area contributed by atoms with Crippen LogP contribution in [0, 0.1) is 13.8 Å². The predicted molar refractivity (Wildman–Crippen MR) is 98.1 cm³/mol. The van der Waals surface area contributed by atoms with Crippen LogP contribution >= 0.6 is 0 Å². The number of benzene rings is 1. The Kier molecular flexibility index (Phi) is 5.02. The second-order valence-corrected chi connectivity index (χ2v) is 6.15. The Balaban J connectivity index is 1.74. The van der Waals surface area contributed by atoms with Crippen molar-refractivity contribution in [3.05, 3.63) is 69.8 Å². The number of pyridine rings is 1. The van der Waals surface area contributed by atoms with Gasteiger partial charge in [-0.2, -0.15) is 0 Å². The Hall–Kier alpha value is -3.15. The van der Waals surface area contributed by atoms with Crippen LogP contribution in [-0.2, 0) is 11.3 Å². The second kappa shape index (κ2) is 7.39. The highest BCUT2D eigenvalue weighted by atomic mass is 16.5. The van der Waals surface area contributed by atoms with Crippen molar-refractivity contribution in [3.63, 3.8) is 0 Å². The van der Waals surface area contributed by atoms with Crippen LogP contribution < -0.4 is 15.7 Å². The number of ether oxygens (including phenoxy) is 1. The molecule has 3 rings (SSSR count). The summed E-state index contributed by atoms with van der Waals surface area (Å²) in [5.41, 5.74) is 2.57. The summed E-state index contributed by atoms with van der Waals surface area (Å²) in [5.74, 6) is 0.282. The average molecular weight is 352 g/mol. The van der Waals surface area contributed by atoms with Crippen molar-refractivity contribution in [2.45, 2.75) is 33.4 Å². The molecule has 1 atom stereocenters. The third-order valence-corrected chi connectivity index (χ3v) is 4.21. The van der Waals surface area contributed by atoms with E-state index >= 15 is 0 Å². The van der Waals surface area contributed by atoms with Gasteiger partial charge >= 0.3 is 5.63 Å². The summed E-state index contributed by atoms with van der Waals surface area (Å²) in [6.07, 6.45) is 2.66. The standard InChI is InChI=1S/C20H20N2O4/c1-12-10-18(23)26-19-13(2)17(5-4-16(12)19)25-14(3)20(24)22-11-15-6-8-21-9-7-15/h4-10,14H,11H2,1-3H3,(H,22,24). The summed E-state index contributed by atoms with van der Waals surface area (Å²) in [5, 5.41) is 3.68. The number of aromatic nitrogens is 1. The van der Waals surface area contributed by atoms with Gasteiger partial charge in [0.25, 0.3) is 5.91 Å². The lowest BCUT2D eigenvalue weighted by Crippen LogP contribution is -2.36. The Morgan fingerprint density at radius 1 is 1.23 bits per heavy atom. The highest BCUT2D eigenvalue weighted by Gasteiger charge is 2.17. The van der Waals surface area contributed by atoms with Gasteiger partial charge in [0.15, 0.2) is 6.10 Å². The number of amides is 1. The molecule has 0 fully saturated rings. The molecule has 26 heavy (non-hydrogen) atoms. The zero-order valence-electron chi connectivity index (χ0n) is 14.9. The van der Waals surface area contributed by atoms with E-state index in [1.165, 1.54) is 6.07 Å². The van der Waals surface area contributed by atoms with Crippen molar-refractivity contribution in [1.29, 1.82) is 0 Å². The maximum Gasteiger partial charge on any atom is 0.336 e. The predicted octanol–water partition coefficient (Wildman–Crippen LogP) is 2.89. The molecule has 1 aromatic carbocycles. The molecule has 0 spiro atoms. The molecule has 2 heterocycles. The van der Waals surface area contributed by atoms with Gasteiger partial charge in [0.05, 0.1) is 0 Å². The molecule has 1 N–H and O–H groups in total. The fourth-order valence-corrected chi connectivity index (χ4v) is 2.71. The molecular weight excluding hydrogens is 332 g/mol. The van der Waals surface area contributed by atoms with Gasteiger partial charge in [0.1, 0.15) is 11.3 Å². The van der Waals surface area contributed by atoms with Crippen LogP contribution in [0.25, 0.3) is 11.0 Å². The number of aryl methyl sites for hydroxylation is 2. The van der Waals surface area contributed by atoms with Crippen LogP contribution in [0.4, 0.5) is 0 Å². The van der Waals surface area contributed by atoms with Crippen molar-refractivity contribution in [2.75, 3.05) is 0 Å². The number of carbonyl (C=O) groups excluding carboxylic acids is 1. The minimum Gasteiger partial charge on any atom is -0.480 e. The lowest BCUT2D eigenvalue weighted by molar-refractivity contribution is -0.127. The van der Waals surface area contributed by atoms with Crippen molar-refractivity contribution >= 4 is 16.9 Å². The zero-order chi connectivity index (χ0) is 18.7. The largest absolute Gasteiger partial charge is 0.480 e. The van der Waals surface area contributed by atoms with Gasteiger partial charge in [-0.3, -0.25) is 9.78 Å². The fourth-order valence-electron chi connectivity index (χ4n) is 2.71. The Labute approximate surface area is 150 Å². The number of hydrogen-bond acceptors (Lipinski definition) is 5. The van der Waals surface area contributed by atoms with E-state index in [9.17, 15) is 9.59 Å². The molecule has 1 amide bonds. The number of nitrogens with one attached hydrogen (secondary N) is 1. The van der Waals surface area contributed by atoms with Gasteiger partial charge < -0.3 is 14.5 Å². The SMILES string of the molecule is Cc1cc(=O)oc2c(C)c(OC(C)C(=O)NCc3ccncc3)ccc12. The van der Waals surface area contributed by atoms with E-state index in [4.69, 9.17) is 9.15 Å². The summed E-state index contributed by atoms with van der Waals surface area (Å²) < 4.78 is 11.1. The molecule has 6 heteroatoms. The first kappa shape index (κ1) is 17.7. The summed E-state index contributed by atoms with van der Waals surface area (Å²) in [4.78, 5) is 27.9. The van der Waals surface area contributed by atoms with Crippen molar-refractivity contribution < 1.29 is 13.9 Å². The molecule has 0 saturated heterocycles. The molecule has 2 aromatic heterocycles. The quantitative estimate of drug-likeness (QED) is 0.714. The topological polar surface area (TPSA) is 81.4 Å². The first-order valence-corrected chi connectivity index (χ1v) is 8.33. The highest BCUT2D eigenvalue weighted by molar-refractivity contribution is 5.85. The van der Waals surface area contributed by atoms with Crippen LogP contribution in [0.2, 0.25) is 0 Å². The van der Waals surface area contributed by atoms with Crippen LogP contribution in [0.15, 0.2) is 51.9 Å². The highest BCUT2D eigenvalue weighted by Crippen LogP contribution is 2.28. The molecular formula is C20H20N2O4. The van der Waals surface area contributed by atoms with Crippen molar-refractivity contribution in [1.82, 2.24) is 10.3 Å². The lowest BCUT2D eigenvalue weighted by atomic mass is 10.1. The molecule has 0 aliphatic carbocycles. The van der Waals surface area contributed by atoms with Crippen molar-refractivity contribution in [3.8, 4) is 5.75 Å². The molecule has 0 aliphatic rings. The van der Waals surface area contributed by atoms with Gasteiger partial charge in [-0.05, 0) is 56.2 Å². The summed E-state index contributed by atoms with van der Waals surface area (Å²) in [6.45, 7) is 5.74.